The maximum Gasteiger partial charge on any atom is 0.249 e. The first-order valence-electron chi connectivity index (χ1n) is 18.2. The standard InChI is InChI=1S/C43H47N4O/c1-41(2,3)28-20-21-44-39(24-28)47-37-17-13-14-34(43(7,8)9)40(37)33-19-18-31(26-38(33)47)48-32-23-29(42(4,5)6)22-30(25-32)46-27-45(10)35-15-11-12-16-36(35)46/h11-27H,1-10H3/q+1/i10D3. The molecule has 3 aromatic heterocycles. The van der Waals surface area contributed by atoms with Crippen molar-refractivity contribution in [2.24, 2.45) is 6.98 Å². The molecule has 0 radical (unpaired) electrons. The number of nitrogens with zero attached hydrogens (tertiary/aromatic N) is 4. The Labute approximate surface area is 288 Å². The summed E-state index contributed by atoms with van der Waals surface area (Å²) < 4.78 is 36.9. The van der Waals surface area contributed by atoms with E-state index in [2.05, 4.69) is 121 Å². The third kappa shape index (κ3) is 5.55. The first kappa shape index (κ1) is 28.1. The lowest BCUT2D eigenvalue weighted by Gasteiger charge is -2.21. The van der Waals surface area contributed by atoms with Crippen LogP contribution in [0.25, 0.3) is 44.3 Å². The Balaban J connectivity index is 1.43. The van der Waals surface area contributed by atoms with Gasteiger partial charge >= 0.3 is 0 Å². The predicted octanol–water partition coefficient (Wildman–Crippen LogP) is 10.6. The molecule has 48 heavy (non-hydrogen) atoms. The summed E-state index contributed by atoms with van der Waals surface area (Å²) in [4.78, 5) is 4.91. The highest BCUT2D eigenvalue weighted by Gasteiger charge is 2.25. The van der Waals surface area contributed by atoms with Gasteiger partial charge in [0.25, 0.3) is 0 Å². The van der Waals surface area contributed by atoms with Crippen LogP contribution in [0.2, 0.25) is 0 Å². The van der Waals surface area contributed by atoms with Gasteiger partial charge in [-0.05, 0) is 87.5 Å². The molecule has 0 aliphatic heterocycles. The number of benzene rings is 4. The number of rotatable bonds is 4. The summed E-state index contributed by atoms with van der Waals surface area (Å²) in [5, 5.41) is 2.36. The Morgan fingerprint density at radius 1 is 0.667 bits per heavy atom. The topological polar surface area (TPSA) is 35.9 Å². The number of aryl methyl sites for hydroxylation is 1. The number of ether oxygens (including phenoxy) is 1. The van der Waals surface area contributed by atoms with Crippen molar-refractivity contribution >= 4 is 32.8 Å². The van der Waals surface area contributed by atoms with E-state index in [-0.39, 0.29) is 16.2 Å². The van der Waals surface area contributed by atoms with Crippen molar-refractivity contribution in [3.8, 4) is 23.0 Å². The van der Waals surface area contributed by atoms with Gasteiger partial charge in [-0.3, -0.25) is 4.57 Å². The third-order valence-electron chi connectivity index (χ3n) is 9.31. The van der Waals surface area contributed by atoms with Gasteiger partial charge in [0.05, 0.1) is 22.1 Å². The SMILES string of the molecule is [2H]C([2H])([2H])[n+]1cn(-c2cc(Oc3ccc4c5c(C(C)(C)C)cccc5n(-c5cc(C(C)(C)C)ccn5)c4c3)cc(C(C)(C)C)c2)c2ccccc21. The summed E-state index contributed by atoms with van der Waals surface area (Å²) in [5.41, 5.74) is 7.64. The van der Waals surface area contributed by atoms with Gasteiger partial charge in [0.1, 0.15) is 23.0 Å². The van der Waals surface area contributed by atoms with Crippen molar-refractivity contribution in [2.75, 3.05) is 0 Å². The second-order valence-corrected chi connectivity index (χ2v) is 16.0. The van der Waals surface area contributed by atoms with Gasteiger partial charge in [0, 0.05) is 29.1 Å². The molecule has 5 heteroatoms. The van der Waals surface area contributed by atoms with Crippen LogP contribution in [0.1, 0.15) is 83.1 Å². The molecular weight excluding hydrogens is 589 g/mol. The van der Waals surface area contributed by atoms with Gasteiger partial charge in [-0.1, -0.05) is 86.6 Å². The zero-order chi connectivity index (χ0) is 36.7. The van der Waals surface area contributed by atoms with E-state index in [1.807, 2.05) is 47.2 Å². The molecule has 3 heterocycles. The van der Waals surface area contributed by atoms with E-state index in [4.69, 9.17) is 13.8 Å². The highest BCUT2D eigenvalue weighted by molar-refractivity contribution is 6.11. The number of imidazole rings is 1. The van der Waals surface area contributed by atoms with Crippen LogP contribution in [-0.2, 0) is 23.2 Å². The largest absolute Gasteiger partial charge is 0.457 e. The molecule has 4 aromatic carbocycles. The van der Waals surface area contributed by atoms with Crippen molar-refractivity contribution in [2.45, 2.75) is 78.6 Å². The van der Waals surface area contributed by atoms with Crippen LogP contribution in [0.3, 0.4) is 0 Å². The molecule has 0 bridgehead atoms. The van der Waals surface area contributed by atoms with Crippen LogP contribution in [0.15, 0.2) is 104 Å². The first-order valence-corrected chi connectivity index (χ1v) is 16.7. The van der Waals surface area contributed by atoms with E-state index < -0.39 is 6.98 Å². The summed E-state index contributed by atoms with van der Waals surface area (Å²) in [6, 6.07) is 30.9. The van der Waals surface area contributed by atoms with Crippen molar-refractivity contribution < 1.29 is 13.4 Å². The Bertz CT molecular complexity index is 2450. The van der Waals surface area contributed by atoms with E-state index in [1.54, 1.807) is 6.33 Å². The minimum atomic E-state index is -2.33. The highest BCUT2D eigenvalue weighted by atomic mass is 16.5. The van der Waals surface area contributed by atoms with Gasteiger partial charge in [0.2, 0.25) is 6.33 Å². The fourth-order valence-corrected chi connectivity index (χ4v) is 6.66. The molecule has 0 fully saturated rings. The molecular formula is C43H47N4O+. The number of fused-ring (bicyclic) bond motifs is 4. The van der Waals surface area contributed by atoms with Crippen LogP contribution >= 0.6 is 0 Å². The summed E-state index contributed by atoms with van der Waals surface area (Å²) >= 11 is 0. The quantitative estimate of drug-likeness (QED) is 0.180. The second-order valence-electron chi connectivity index (χ2n) is 16.0. The molecule has 0 aliphatic carbocycles. The molecule has 5 nitrogen and oxygen atoms in total. The van der Waals surface area contributed by atoms with Crippen molar-refractivity contribution in [1.82, 2.24) is 14.1 Å². The van der Waals surface area contributed by atoms with Gasteiger partial charge in [-0.2, -0.15) is 4.57 Å². The molecule has 0 saturated carbocycles. The lowest BCUT2D eigenvalue weighted by molar-refractivity contribution is -0.645. The third-order valence-corrected chi connectivity index (χ3v) is 9.31. The smallest absolute Gasteiger partial charge is 0.249 e. The van der Waals surface area contributed by atoms with E-state index in [9.17, 15) is 0 Å². The molecule has 0 amide bonds. The molecule has 0 aliphatic rings. The van der Waals surface area contributed by atoms with Gasteiger partial charge in [-0.15, -0.1) is 0 Å². The minimum absolute atomic E-state index is 0.0368. The van der Waals surface area contributed by atoms with Gasteiger partial charge < -0.3 is 4.74 Å². The highest BCUT2D eigenvalue weighted by Crippen LogP contribution is 2.41. The number of hydrogen-bond donors (Lipinski definition) is 0. The molecule has 0 spiro atoms. The van der Waals surface area contributed by atoms with E-state index in [1.165, 1.54) is 21.1 Å². The zero-order valence-electron chi connectivity index (χ0n) is 32.5. The molecule has 0 unspecified atom stereocenters. The number of para-hydroxylation sites is 2. The Morgan fingerprint density at radius 3 is 2.15 bits per heavy atom. The Morgan fingerprint density at radius 2 is 1.42 bits per heavy atom. The number of hydrogen-bond acceptors (Lipinski definition) is 2. The normalized spacial score (nSPS) is 14.0. The summed E-state index contributed by atoms with van der Waals surface area (Å²) in [5.74, 6) is 2.23. The predicted molar refractivity (Wildman–Crippen MR) is 199 cm³/mol. The second kappa shape index (κ2) is 11.1. The zero-order valence-corrected chi connectivity index (χ0v) is 29.5. The number of aromatic nitrogens is 4. The average Bonchev–Trinajstić information content (AvgIpc) is 3.60. The monoisotopic (exact) mass is 638 g/mol. The van der Waals surface area contributed by atoms with Gasteiger partial charge in [0.15, 0.2) is 11.0 Å². The summed E-state index contributed by atoms with van der Waals surface area (Å²) in [6.45, 7) is 17.6. The molecule has 244 valence electrons. The van der Waals surface area contributed by atoms with Crippen LogP contribution in [0.4, 0.5) is 0 Å². The van der Waals surface area contributed by atoms with Crippen LogP contribution in [-0.4, -0.2) is 14.1 Å². The van der Waals surface area contributed by atoms with Crippen LogP contribution < -0.4 is 9.30 Å². The van der Waals surface area contributed by atoms with Crippen molar-refractivity contribution in [3.05, 3.63) is 120 Å². The van der Waals surface area contributed by atoms with Gasteiger partial charge in [-0.25, -0.2) is 9.55 Å². The van der Waals surface area contributed by atoms with Crippen LogP contribution in [0, 0.1) is 0 Å². The lowest BCUT2D eigenvalue weighted by Crippen LogP contribution is -2.25. The summed E-state index contributed by atoms with van der Waals surface area (Å²) in [6.07, 6.45) is 3.57. The summed E-state index contributed by atoms with van der Waals surface area (Å²) in [7, 11) is 0. The maximum absolute atomic E-state index is 8.19. The molecule has 7 rings (SSSR count). The van der Waals surface area contributed by atoms with E-state index >= 15 is 0 Å². The molecule has 0 saturated heterocycles. The first-order chi connectivity index (χ1) is 23.8. The minimum Gasteiger partial charge on any atom is -0.457 e. The lowest BCUT2D eigenvalue weighted by atomic mass is 9.84. The molecule has 0 N–H and O–H groups in total. The average molecular weight is 639 g/mol. The Kier molecular flexibility index (Phi) is 6.50. The fraction of sp³-hybridized carbons (Fsp3) is 0.302. The number of pyridine rings is 1. The molecule has 0 atom stereocenters. The van der Waals surface area contributed by atoms with Crippen molar-refractivity contribution in [1.29, 1.82) is 0 Å². The van der Waals surface area contributed by atoms with Crippen LogP contribution in [0.5, 0.6) is 11.5 Å². The van der Waals surface area contributed by atoms with E-state index in [0.29, 0.717) is 17.0 Å². The fourth-order valence-electron chi connectivity index (χ4n) is 6.66. The van der Waals surface area contributed by atoms with Crippen molar-refractivity contribution in [3.63, 3.8) is 0 Å². The molecule has 7 aromatic rings. The Hall–Kier alpha value is -4.90. The van der Waals surface area contributed by atoms with E-state index in [0.717, 1.165) is 39.0 Å². The maximum atomic E-state index is 8.19.